The van der Waals surface area contributed by atoms with Crippen molar-refractivity contribution in [3.8, 4) is 0 Å². The van der Waals surface area contributed by atoms with E-state index in [0.717, 1.165) is 49.4 Å². The van der Waals surface area contributed by atoms with Gasteiger partial charge in [0.1, 0.15) is 0 Å². The van der Waals surface area contributed by atoms with E-state index in [9.17, 15) is 5.11 Å². The van der Waals surface area contributed by atoms with Gasteiger partial charge in [-0.1, -0.05) is 87.3 Å². The second-order valence-corrected chi connectivity index (χ2v) is 28.9. The molecule has 0 heterocycles. The monoisotopic (exact) mass is 647 g/mol. The molecule has 3 saturated carbocycles. The molecule has 1 N–H and O–H groups in total. The molecule has 5 heteroatoms. The van der Waals surface area contributed by atoms with E-state index in [0.29, 0.717) is 5.41 Å². The van der Waals surface area contributed by atoms with Crippen LogP contribution in [0.3, 0.4) is 0 Å². The van der Waals surface area contributed by atoms with Gasteiger partial charge >= 0.3 is 0 Å². The maximum Gasteiger partial charge on any atom is 0.192 e. The topological polar surface area (TPSA) is 38.7 Å². The molecule has 3 nitrogen and oxygen atoms in total. The van der Waals surface area contributed by atoms with Crippen LogP contribution < -0.4 is 0 Å². The first-order valence-corrected chi connectivity index (χ1v) is 24.2. The zero-order chi connectivity index (χ0) is 33.5. The van der Waals surface area contributed by atoms with Crippen molar-refractivity contribution in [1.29, 1.82) is 0 Å². The largest absolute Gasteiger partial charge is 0.413 e. The number of hydrogen-bond acceptors (Lipinski definition) is 3. The maximum absolute atomic E-state index is 10.2. The van der Waals surface area contributed by atoms with Gasteiger partial charge in [0.05, 0.1) is 17.8 Å². The Kier molecular flexibility index (Phi) is 11.9. The lowest BCUT2D eigenvalue weighted by atomic mass is 9.58. The molecule has 0 aromatic rings. The molecule has 3 aliphatic rings. The van der Waals surface area contributed by atoms with E-state index < -0.39 is 22.2 Å². The quantitative estimate of drug-likeness (QED) is 0.227. The van der Waals surface area contributed by atoms with Gasteiger partial charge in [-0.25, -0.2) is 0 Å². The number of rotatable bonds is 11. The summed E-state index contributed by atoms with van der Waals surface area (Å²) in [6.45, 7) is 37.4. The van der Waals surface area contributed by atoms with E-state index in [-0.39, 0.29) is 22.3 Å². The molecule has 0 aromatic heterocycles. The molecule has 256 valence electrons. The van der Waals surface area contributed by atoms with Crippen molar-refractivity contribution in [2.24, 2.45) is 29.1 Å². The summed E-state index contributed by atoms with van der Waals surface area (Å²) in [4.78, 5) is 0. The molecule has 0 radical (unpaired) electrons. The Balaban J connectivity index is 1.79. The summed E-state index contributed by atoms with van der Waals surface area (Å²) in [7, 11) is -3.86. The van der Waals surface area contributed by atoms with Crippen LogP contribution in [0.25, 0.3) is 0 Å². The van der Waals surface area contributed by atoms with E-state index in [4.69, 9.17) is 15.4 Å². The fourth-order valence-electron chi connectivity index (χ4n) is 8.55. The molecule has 7 atom stereocenters. The molecule has 0 spiro atoms. The Bertz CT molecular complexity index is 1010. The van der Waals surface area contributed by atoms with Crippen LogP contribution in [0.5, 0.6) is 0 Å². The predicted molar refractivity (Wildman–Crippen MR) is 196 cm³/mol. The predicted octanol–water partition coefficient (Wildman–Crippen LogP) is 11.8. The van der Waals surface area contributed by atoms with Gasteiger partial charge in [0.25, 0.3) is 0 Å². The Morgan fingerprint density at radius 2 is 1.55 bits per heavy atom. The summed E-state index contributed by atoms with van der Waals surface area (Å²) in [5, 5.41) is 10.6. The summed E-state index contributed by atoms with van der Waals surface area (Å²) in [5.41, 5.74) is 2.57. The van der Waals surface area contributed by atoms with Gasteiger partial charge in [-0.2, -0.15) is 0 Å². The van der Waals surface area contributed by atoms with Gasteiger partial charge in [-0.15, -0.1) is 0 Å². The molecule has 0 amide bonds. The fraction of sp³-hybridized carbons (Fsp3) is 0.897. The van der Waals surface area contributed by atoms with E-state index in [2.05, 4.69) is 87.7 Å². The third-order valence-corrected chi connectivity index (χ3v) is 22.4. The molecule has 1 unspecified atom stereocenters. The average Bonchev–Trinajstić information content (AvgIpc) is 3.20. The van der Waals surface area contributed by atoms with Crippen LogP contribution in [-0.4, -0.2) is 39.6 Å². The molecule has 44 heavy (non-hydrogen) atoms. The van der Waals surface area contributed by atoms with E-state index in [1.54, 1.807) is 0 Å². The normalized spacial score (nSPS) is 32.7. The average molecular weight is 647 g/mol. The maximum atomic E-state index is 10.2. The van der Waals surface area contributed by atoms with E-state index >= 15 is 0 Å². The molecule has 3 fully saturated rings. The zero-order valence-corrected chi connectivity index (χ0v) is 33.8. The van der Waals surface area contributed by atoms with Crippen molar-refractivity contribution >= 4 is 16.6 Å². The van der Waals surface area contributed by atoms with Gasteiger partial charge in [-0.3, -0.25) is 0 Å². The molecular weight excluding hydrogens is 573 g/mol. The molecule has 0 saturated heterocycles. The number of allylic oxidation sites excluding steroid dienone is 1. The first-order valence-electron chi connectivity index (χ1n) is 18.3. The van der Waals surface area contributed by atoms with E-state index in [1.165, 1.54) is 56.1 Å². The van der Waals surface area contributed by atoms with Gasteiger partial charge in [-0.05, 0) is 135 Å². The molecule has 3 rings (SSSR count). The van der Waals surface area contributed by atoms with Crippen molar-refractivity contribution in [3.05, 3.63) is 23.8 Å². The van der Waals surface area contributed by atoms with Crippen LogP contribution in [0.2, 0.25) is 36.3 Å². The highest BCUT2D eigenvalue weighted by Gasteiger charge is 2.52. The highest BCUT2D eigenvalue weighted by atomic mass is 28.4. The van der Waals surface area contributed by atoms with Crippen molar-refractivity contribution in [2.75, 3.05) is 0 Å². The highest BCUT2D eigenvalue weighted by Crippen LogP contribution is 2.61. The van der Waals surface area contributed by atoms with Crippen molar-refractivity contribution in [1.82, 2.24) is 0 Å². The number of hydrogen-bond donors (Lipinski definition) is 1. The zero-order valence-electron chi connectivity index (χ0n) is 31.8. The molecular formula is C39H74O3Si2. The summed E-state index contributed by atoms with van der Waals surface area (Å²) in [5.74, 6) is 3.15. The SMILES string of the molecule is C=C1/C(=C\CC2CCC[C@]3(C)[C@@H]([C@H](C)CCCC(C)(C)O)CC[C@@H]23)C[C@@H](O[Si](C)(C)C(C)(C)C)C[C@@H]1O[Si](C)(C)C(C)(C)C. The van der Waals surface area contributed by atoms with Crippen molar-refractivity contribution in [3.63, 3.8) is 0 Å². The Morgan fingerprint density at radius 3 is 2.11 bits per heavy atom. The smallest absolute Gasteiger partial charge is 0.192 e. The van der Waals surface area contributed by atoms with Crippen LogP contribution in [-0.2, 0) is 8.85 Å². The Morgan fingerprint density at radius 1 is 0.955 bits per heavy atom. The highest BCUT2D eigenvalue weighted by molar-refractivity contribution is 6.74. The third kappa shape index (κ3) is 9.02. The summed E-state index contributed by atoms with van der Waals surface area (Å²) < 4.78 is 14.2. The van der Waals surface area contributed by atoms with Crippen LogP contribution in [0.1, 0.15) is 140 Å². The van der Waals surface area contributed by atoms with Crippen LogP contribution in [0.4, 0.5) is 0 Å². The third-order valence-electron chi connectivity index (χ3n) is 13.4. The van der Waals surface area contributed by atoms with Gasteiger partial charge in [0, 0.05) is 6.42 Å². The lowest BCUT2D eigenvalue weighted by Crippen LogP contribution is -2.49. The summed E-state index contributed by atoms with van der Waals surface area (Å²) in [6.07, 6.45) is 16.1. The molecule has 0 aliphatic heterocycles. The summed E-state index contributed by atoms with van der Waals surface area (Å²) >= 11 is 0. The second-order valence-electron chi connectivity index (χ2n) is 19.4. The minimum Gasteiger partial charge on any atom is -0.413 e. The fourth-order valence-corrected chi connectivity index (χ4v) is 11.2. The molecule has 3 aliphatic carbocycles. The van der Waals surface area contributed by atoms with Crippen LogP contribution in [0.15, 0.2) is 23.8 Å². The van der Waals surface area contributed by atoms with Gasteiger partial charge in [0.15, 0.2) is 16.6 Å². The minimum atomic E-state index is -1.96. The second kappa shape index (κ2) is 13.7. The minimum absolute atomic E-state index is 0.0582. The molecule has 0 bridgehead atoms. The number of aliphatic hydroxyl groups is 1. The lowest BCUT2D eigenvalue weighted by Gasteiger charge is -2.47. The van der Waals surface area contributed by atoms with Crippen LogP contribution >= 0.6 is 0 Å². The van der Waals surface area contributed by atoms with Gasteiger partial charge < -0.3 is 14.0 Å². The van der Waals surface area contributed by atoms with Crippen molar-refractivity contribution < 1.29 is 14.0 Å². The first kappa shape index (κ1) is 38.2. The number of fused-ring (bicyclic) bond motifs is 1. The van der Waals surface area contributed by atoms with E-state index in [1.807, 2.05) is 13.8 Å². The lowest BCUT2D eigenvalue weighted by molar-refractivity contribution is 0.0259. The van der Waals surface area contributed by atoms with Gasteiger partial charge in [0.2, 0.25) is 0 Å². The first-order chi connectivity index (χ1) is 19.9. The molecule has 0 aromatic carbocycles. The summed E-state index contributed by atoms with van der Waals surface area (Å²) in [6, 6.07) is 0. The van der Waals surface area contributed by atoms with Crippen molar-refractivity contribution in [2.45, 2.75) is 194 Å². The Hall–Kier alpha value is -0.206. The standard InChI is InChI=1S/C39H74O3Si2/c1-28(18-16-24-38(9,10)40)33-22-23-34-30(19-17-25-39(33,34)11)20-21-31-26-32(41-43(12,13)36(3,4)5)27-35(29(31)2)42-44(14,15)37(6,7)8/h21,28,30,32-35,40H,2,16-20,22-27H2,1,3-15H3/b31-21-/t28-,30?,32-,33-,34+,35+,39-/m1/s1. The Labute approximate surface area is 276 Å². The van der Waals surface area contributed by atoms with Crippen LogP contribution in [0, 0.1) is 29.1 Å².